The van der Waals surface area contributed by atoms with Crippen LogP contribution in [0.1, 0.15) is 56.2 Å². The fourth-order valence-corrected chi connectivity index (χ4v) is 5.03. The van der Waals surface area contributed by atoms with Crippen LogP contribution in [-0.4, -0.2) is 37.1 Å². The fraction of sp³-hybridized carbons (Fsp3) is 0.478. The van der Waals surface area contributed by atoms with Gasteiger partial charge in [0.1, 0.15) is 11.9 Å². The summed E-state index contributed by atoms with van der Waals surface area (Å²) in [6.45, 7) is 0.988. The van der Waals surface area contributed by atoms with Crippen LogP contribution >= 0.6 is 0 Å². The zero-order valence-corrected chi connectivity index (χ0v) is 18.5. The molecule has 31 heavy (non-hydrogen) atoms. The van der Waals surface area contributed by atoms with Gasteiger partial charge in [0.05, 0.1) is 4.90 Å². The Kier molecular flexibility index (Phi) is 8.43. The maximum absolute atomic E-state index is 12.4. The number of unbranched alkanes of at least 4 members (excludes halogenated alkanes) is 4. The Balaban J connectivity index is 1.35. The normalized spacial score (nSPS) is 14.5. The van der Waals surface area contributed by atoms with Crippen molar-refractivity contribution in [3.05, 3.63) is 53.7 Å². The topological polar surface area (TPSA) is 108 Å². The molecule has 2 heterocycles. The zero-order chi connectivity index (χ0) is 22.1. The van der Waals surface area contributed by atoms with Crippen molar-refractivity contribution >= 4 is 21.8 Å². The highest BCUT2D eigenvalue weighted by atomic mass is 32.2. The summed E-state index contributed by atoms with van der Waals surface area (Å²) in [5.74, 6) is -0.118. The van der Waals surface area contributed by atoms with E-state index in [0.29, 0.717) is 6.42 Å². The number of nitrogens with one attached hydrogen (secondary N) is 2. The Bertz CT molecular complexity index is 964. The van der Waals surface area contributed by atoms with Crippen molar-refractivity contribution in [3.63, 3.8) is 0 Å². The van der Waals surface area contributed by atoms with Crippen LogP contribution in [0.4, 0.5) is 5.82 Å². The minimum atomic E-state index is -3.84. The molecule has 1 aliphatic heterocycles. The molecule has 0 radical (unpaired) electrons. The maximum atomic E-state index is 12.4. The Morgan fingerprint density at radius 3 is 2.58 bits per heavy atom. The van der Waals surface area contributed by atoms with Crippen molar-refractivity contribution in [3.8, 4) is 0 Å². The molecule has 2 aromatic rings. The van der Waals surface area contributed by atoms with Gasteiger partial charge in [0.15, 0.2) is 0 Å². The van der Waals surface area contributed by atoms with E-state index in [-0.39, 0.29) is 11.3 Å². The first-order valence-corrected chi connectivity index (χ1v) is 12.5. The van der Waals surface area contributed by atoms with E-state index in [4.69, 9.17) is 4.98 Å². The monoisotopic (exact) mass is 445 g/mol. The third kappa shape index (κ3) is 7.04. The van der Waals surface area contributed by atoms with Gasteiger partial charge in [-0.25, -0.2) is 13.4 Å². The number of aliphatic carboxylic acids is 1. The number of aryl methyl sites for hydroxylation is 2. The predicted molar refractivity (Wildman–Crippen MR) is 121 cm³/mol. The van der Waals surface area contributed by atoms with Gasteiger partial charge in [-0.2, -0.15) is 4.72 Å². The van der Waals surface area contributed by atoms with Crippen molar-refractivity contribution in [1.82, 2.24) is 9.71 Å². The Labute approximate surface area is 184 Å². The number of carbonyl (C=O) groups is 1. The molecule has 0 amide bonds. The van der Waals surface area contributed by atoms with Crippen LogP contribution in [-0.2, 0) is 27.7 Å². The number of hydrogen-bond acceptors (Lipinski definition) is 5. The number of fused-ring (bicyclic) bond motifs is 1. The average Bonchev–Trinajstić information content (AvgIpc) is 2.78. The van der Waals surface area contributed by atoms with Gasteiger partial charge in [-0.1, -0.05) is 49.9 Å². The van der Waals surface area contributed by atoms with Crippen LogP contribution in [0.3, 0.4) is 0 Å². The lowest BCUT2D eigenvalue weighted by atomic mass is 10.0. The summed E-state index contributed by atoms with van der Waals surface area (Å²) >= 11 is 0. The number of benzene rings is 1. The lowest BCUT2D eigenvalue weighted by molar-refractivity contribution is -0.139. The number of carboxylic acid groups (broad SMARTS) is 1. The molecule has 0 bridgehead atoms. The van der Waals surface area contributed by atoms with E-state index in [9.17, 15) is 18.3 Å². The van der Waals surface area contributed by atoms with Crippen LogP contribution in [0, 0.1) is 0 Å². The summed E-state index contributed by atoms with van der Waals surface area (Å²) < 4.78 is 27.0. The van der Waals surface area contributed by atoms with Gasteiger partial charge >= 0.3 is 5.97 Å². The van der Waals surface area contributed by atoms with Gasteiger partial charge < -0.3 is 10.4 Å². The van der Waals surface area contributed by atoms with E-state index in [2.05, 4.69) is 22.2 Å². The van der Waals surface area contributed by atoms with E-state index in [1.54, 1.807) is 18.2 Å². The molecule has 1 atom stereocenters. The molecular formula is C23H31N3O4S. The average molecular weight is 446 g/mol. The van der Waals surface area contributed by atoms with Crippen LogP contribution in [0.25, 0.3) is 0 Å². The number of sulfonamides is 1. The molecule has 0 spiro atoms. The summed E-state index contributed by atoms with van der Waals surface area (Å²) in [7, 11) is -3.84. The molecule has 0 fully saturated rings. The Morgan fingerprint density at radius 1 is 1.06 bits per heavy atom. The van der Waals surface area contributed by atoms with E-state index >= 15 is 0 Å². The summed E-state index contributed by atoms with van der Waals surface area (Å²) in [5, 5.41) is 12.8. The smallest absolute Gasteiger partial charge is 0.321 e. The van der Waals surface area contributed by atoms with Crippen LogP contribution in [0.5, 0.6) is 0 Å². The highest BCUT2D eigenvalue weighted by molar-refractivity contribution is 7.89. The first-order chi connectivity index (χ1) is 15.0. The lowest BCUT2D eigenvalue weighted by Gasteiger charge is -2.17. The summed E-state index contributed by atoms with van der Waals surface area (Å²) in [5.41, 5.74) is 2.40. The molecule has 8 heteroatoms. The fourth-order valence-electron chi connectivity index (χ4n) is 3.78. The van der Waals surface area contributed by atoms with E-state index < -0.39 is 22.0 Å². The summed E-state index contributed by atoms with van der Waals surface area (Å²) in [4.78, 5) is 16.3. The van der Waals surface area contributed by atoms with Crippen LogP contribution < -0.4 is 10.0 Å². The summed E-state index contributed by atoms with van der Waals surface area (Å²) in [6.07, 6.45) is 8.06. The highest BCUT2D eigenvalue weighted by Crippen LogP contribution is 2.20. The second-order valence-electron chi connectivity index (χ2n) is 7.97. The van der Waals surface area contributed by atoms with Gasteiger partial charge in [0.2, 0.25) is 10.0 Å². The number of carboxylic acids is 1. The molecule has 1 aromatic carbocycles. The lowest BCUT2D eigenvalue weighted by Crippen LogP contribution is -2.40. The second kappa shape index (κ2) is 11.2. The molecule has 1 aliphatic rings. The largest absolute Gasteiger partial charge is 0.480 e. The Hall–Kier alpha value is -2.45. The molecule has 0 aliphatic carbocycles. The first-order valence-electron chi connectivity index (χ1n) is 11.0. The van der Waals surface area contributed by atoms with E-state index in [1.165, 1.54) is 17.7 Å². The molecule has 0 unspecified atom stereocenters. The minimum Gasteiger partial charge on any atom is -0.480 e. The van der Waals surface area contributed by atoms with Gasteiger partial charge in [-0.3, -0.25) is 4.79 Å². The molecule has 0 saturated carbocycles. The number of nitrogens with zero attached hydrogens (tertiary/aromatic N) is 1. The number of pyridine rings is 1. The quantitative estimate of drug-likeness (QED) is 0.429. The van der Waals surface area contributed by atoms with Crippen LogP contribution in [0.15, 0.2) is 47.4 Å². The van der Waals surface area contributed by atoms with E-state index in [0.717, 1.165) is 63.0 Å². The van der Waals surface area contributed by atoms with Crippen molar-refractivity contribution in [2.45, 2.75) is 68.7 Å². The second-order valence-corrected chi connectivity index (χ2v) is 9.69. The summed E-state index contributed by atoms with van der Waals surface area (Å²) in [6, 6.07) is 11.0. The predicted octanol–water partition coefficient (Wildman–Crippen LogP) is 3.75. The highest BCUT2D eigenvalue weighted by Gasteiger charge is 2.24. The van der Waals surface area contributed by atoms with Gasteiger partial charge in [-0.15, -0.1) is 0 Å². The minimum absolute atomic E-state index is 0.0761. The van der Waals surface area contributed by atoms with E-state index in [1.807, 2.05) is 0 Å². The van der Waals surface area contributed by atoms with Crippen molar-refractivity contribution in [2.24, 2.45) is 0 Å². The Morgan fingerprint density at radius 2 is 1.81 bits per heavy atom. The molecule has 7 nitrogen and oxygen atoms in total. The first kappa shape index (κ1) is 23.2. The van der Waals surface area contributed by atoms with Gasteiger partial charge in [0.25, 0.3) is 0 Å². The van der Waals surface area contributed by atoms with Gasteiger partial charge in [-0.05, 0) is 55.9 Å². The van der Waals surface area contributed by atoms with Crippen molar-refractivity contribution < 1.29 is 18.3 Å². The van der Waals surface area contributed by atoms with Gasteiger partial charge in [0, 0.05) is 12.2 Å². The number of anilines is 1. The van der Waals surface area contributed by atoms with Crippen LogP contribution in [0.2, 0.25) is 0 Å². The SMILES string of the molecule is O=C(O)[C@H](CCCCCCCc1ccc2c(n1)NCCC2)NS(=O)(=O)c1ccccc1. The molecule has 168 valence electrons. The zero-order valence-electron chi connectivity index (χ0n) is 17.7. The maximum Gasteiger partial charge on any atom is 0.321 e. The molecular weight excluding hydrogens is 414 g/mol. The standard InChI is InChI=1S/C23H31N3O4S/c27-23(28)21(26-31(29,30)20-12-6-4-7-13-20)14-8-3-1-2-5-11-19-16-15-18-10-9-17-24-22(18)25-19/h4,6-7,12-13,15-16,21,26H,1-3,5,8-11,14,17H2,(H,24,25)(H,27,28)/t21-/m0/s1. The third-order valence-electron chi connectivity index (χ3n) is 5.53. The molecule has 3 N–H and O–H groups in total. The molecule has 3 rings (SSSR count). The molecule has 1 aromatic heterocycles. The van der Waals surface area contributed by atoms with Crippen molar-refractivity contribution in [1.29, 1.82) is 0 Å². The molecule has 0 saturated heterocycles. The third-order valence-corrected chi connectivity index (χ3v) is 7.01. The number of rotatable bonds is 12. The number of hydrogen-bond donors (Lipinski definition) is 3. The number of aromatic nitrogens is 1. The van der Waals surface area contributed by atoms with Crippen molar-refractivity contribution in [2.75, 3.05) is 11.9 Å².